The molecule has 0 saturated heterocycles. The van der Waals surface area contributed by atoms with Crippen LogP contribution in [-0.2, 0) is 11.5 Å². The Morgan fingerprint density at radius 2 is 2.39 bits per heavy atom. The van der Waals surface area contributed by atoms with Gasteiger partial charge in [-0.25, -0.2) is 4.79 Å². The fourth-order valence-corrected chi connectivity index (χ4v) is 1.19. The largest absolute Gasteiger partial charge is 0.394 e. The molecule has 1 rings (SSSR count). The number of ether oxygens (including phenoxy) is 1. The van der Waals surface area contributed by atoms with Crippen LogP contribution in [0.3, 0.4) is 0 Å². The molecule has 0 aliphatic heterocycles. The second kappa shape index (κ2) is 6.60. The molecule has 1 atom stereocenters. The van der Waals surface area contributed by atoms with E-state index in [1.165, 1.54) is 6.20 Å². The molecular weight excluding hydrogens is 242 g/mol. The summed E-state index contributed by atoms with van der Waals surface area (Å²) in [5.41, 5.74) is 7.44. The van der Waals surface area contributed by atoms with Crippen LogP contribution in [0, 0.1) is 6.92 Å². The van der Waals surface area contributed by atoms with Crippen LogP contribution in [0.2, 0.25) is 0 Å². The molecule has 0 saturated carbocycles. The zero-order chi connectivity index (χ0) is 13.5. The van der Waals surface area contributed by atoms with Crippen molar-refractivity contribution >= 4 is 0 Å². The molecular formula is C9H13N5O4. The Balaban J connectivity index is 2.73. The van der Waals surface area contributed by atoms with Gasteiger partial charge in [-0.3, -0.25) is 14.3 Å². The van der Waals surface area contributed by atoms with E-state index < -0.39 is 17.4 Å². The molecule has 9 nitrogen and oxygen atoms in total. The molecule has 1 heterocycles. The molecule has 0 unspecified atom stereocenters. The van der Waals surface area contributed by atoms with E-state index in [-0.39, 0.29) is 19.9 Å². The lowest BCUT2D eigenvalue weighted by Gasteiger charge is -2.13. The van der Waals surface area contributed by atoms with Gasteiger partial charge in [-0.2, -0.15) is 0 Å². The number of hydrogen-bond acceptors (Lipinski definition) is 5. The monoisotopic (exact) mass is 255 g/mol. The summed E-state index contributed by atoms with van der Waals surface area (Å²) in [7, 11) is 0. The SMILES string of the molecule is Cc1cn(CO[C@@H](CO)CN=[N+]=[N-])c(=O)[nH]c1=O. The van der Waals surface area contributed by atoms with Gasteiger partial charge in [-0.05, 0) is 12.5 Å². The van der Waals surface area contributed by atoms with Crippen molar-refractivity contribution in [2.45, 2.75) is 19.8 Å². The minimum Gasteiger partial charge on any atom is -0.394 e. The molecule has 0 fully saturated rings. The summed E-state index contributed by atoms with van der Waals surface area (Å²) >= 11 is 0. The van der Waals surface area contributed by atoms with Crippen molar-refractivity contribution in [3.05, 3.63) is 43.0 Å². The van der Waals surface area contributed by atoms with E-state index in [9.17, 15) is 9.59 Å². The second-order valence-corrected chi connectivity index (χ2v) is 3.55. The summed E-state index contributed by atoms with van der Waals surface area (Å²) in [6.45, 7) is 1.03. The minimum atomic E-state index is -0.694. The molecule has 0 aliphatic rings. The summed E-state index contributed by atoms with van der Waals surface area (Å²) in [4.78, 5) is 27.2. The van der Waals surface area contributed by atoms with E-state index in [4.69, 9.17) is 15.4 Å². The van der Waals surface area contributed by atoms with Crippen molar-refractivity contribution in [2.24, 2.45) is 5.11 Å². The van der Waals surface area contributed by atoms with Gasteiger partial charge in [0.15, 0.2) is 0 Å². The standard InChI is InChI=1S/C9H13N5O4/c1-6-3-14(9(17)12-8(6)16)5-18-7(4-15)2-11-13-10/h3,7,15H,2,4-5H2,1H3,(H,12,16,17)/t7-/m1/s1. The maximum atomic E-state index is 11.4. The van der Waals surface area contributed by atoms with E-state index >= 15 is 0 Å². The third-order valence-corrected chi connectivity index (χ3v) is 2.19. The number of aryl methyl sites for hydroxylation is 1. The molecule has 9 heteroatoms. The Morgan fingerprint density at radius 1 is 1.67 bits per heavy atom. The van der Waals surface area contributed by atoms with Crippen molar-refractivity contribution in [1.82, 2.24) is 9.55 Å². The third-order valence-electron chi connectivity index (χ3n) is 2.19. The van der Waals surface area contributed by atoms with Crippen molar-refractivity contribution in [3.63, 3.8) is 0 Å². The number of nitrogens with zero attached hydrogens (tertiary/aromatic N) is 4. The van der Waals surface area contributed by atoms with Crippen molar-refractivity contribution in [3.8, 4) is 0 Å². The number of nitrogens with one attached hydrogen (secondary N) is 1. The van der Waals surface area contributed by atoms with Crippen LogP contribution in [0.25, 0.3) is 10.4 Å². The smallest absolute Gasteiger partial charge is 0.330 e. The average molecular weight is 255 g/mol. The quantitative estimate of drug-likeness (QED) is 0.402. The fraction of sp³-hybridized carbons (Fsp3) is 0.556. The Bertz CT molecular complexity index is 557. The second-order valence-electron chi connectivity index (χ2n) is 3.55. The van der Waals surface area contributed by atoms with Crippen LogP contribution in [0.15, 0.2) is 20.9 Å². The van der Waals surface area contributed by atoms with Crippen LogP contribution in [0.5, 0.6) is 0 Å². The van der Waals surface area contributed by atoms with E-state index in [2.05, 4.69) is 15.0 Å². The number of aromatic amines is 1. The Hall–Kier alpha value is -2.09. The Labute approximate surface area is 101 Å². The maximum Gasteiger partial charge on any atom is 0.330 e. The molecule has 0 aromatic carbocycles. The normalized spacial score (nSPS) is 11.9. The van der Waals surface area contributed by atoms with Gasteiger partial charge in [0.1, 0.15) is 6.73 Å². The number of aromatic nitrogens is 2. The third kappa shape index (κ3) is 3.74. The highest BCUT2D eigenvalue weighted by Crippen LogP contribution is 1.95. The first kappa shape index (κ1) is 14.0. The molecule has 1 aromatic rings. The number of hydrogen-bond donors (Lipinski definition) is 2. The molecule has 18 heavy (non-hydrogen) atoms. The lowest BCUT2D eigenvalue weighted by Crippen LogP contribution is -2.33. The summed E-state index contributed by atoms with van der Waals surface area (Å²) in [6, 6.07) is 0. The molecule has 2 N–H and O–H groups in total. The minimum absolute atomic E-state index is 0.0376. The van der Waals surface area contributed by atoms with Gasteiger partial charge in [0.2, 0.25) is 0 Å². The first-order valence-electron chi connectivity index (χ1n) is 5.12. The molecule has 0 amide bonds. The van der Waals surface area contributed by atoms with Gasteiger partial charge in [-0.15, -0.1) is 0 Å². The number of aliphatic hydroxyl groups excluding tert-OH is 1. The molecule has 0 aliphatic carbocycles. The molecule has 0 radical (unpaired) electrons. The number of rotatable bonds is 6. The highest BCUT2D eigenvalue weighted by atomic mass is 16.5. The van der Waals surface area contributed by atoms with Gasteiger partial charge in [0.25, 0.3) is 5.56 Å². The van der Waals surface area contributed by atoms with Crippen LogP contribution < -0.4 is 11.2 Å². The topological polar surface area (TPSA) is 133 Å². The Morgan fingerprint density at radius 3 is 3.00 bits per heavy atom. The van der Waals surface area contributed by atoms with Gasteiger partial charge in [0, 0.05) is 16.7 Å². The molecule has 0 spiro atoms. The van der Waals surface area contributed by atoms with Crippen molar-refractivity contribution < 1.29 is 9.84 Å². The zero-order valence-electron chi connectivity index (χ0n) is 9.74. The number of azide groups is 1. The predicted molar refractivity (Wildman–Crippen MR) is 62.0 cm³/mol. The fourth-order valence-electron chi connectivity index (χ4n) is 1.19. The van der Waals surface area contributed by atoms with Gasteiger partial charge in [-0.1, -0.05) is 5.11 Å². The van der Waals surface area contributed by atoms with Gasteiger partial charge < -0.3 is 9.84 Å². The van der Waals surface area contributed by atoms with Crippen LogP contribution >= 0.6 is 0 Å². The van der Waals surface area contributed by atoms with Crippen molar-refractivity contribution in [1.29, 1.82) is 0 Å². The maximum absolute atomic E-state index is 11.4. The highest BCUT2D eigenvalue weighted by molar-refractivity contribution is 5.00. The molecule has 0 bridgehead atoms. The summed E-state index contributed by atoms with van der Waals surface area (Å²) in [5.74, 6) is 0. The van der Waals surface area contributed by atoms with E-state index in [1.807, 2.05) is 0 Å². The van der Waals surface area contributed by atoms with E-state index in [1.54, 1.807) is 6.92 Å². The average Bonchev–Trinajstić information content (AvgIpc) is 2.35. The first-order valence-corrected chi connectivity index (χ1v) is 5.12. The summed E-state index contributed by atoms with van der Waals surface area (Å²) in [6.07, 6.45) is 0.656. The molecule has 1 aromatic heterocycles. The summed E-state index contributed by atoms with van der Waals surface area (Å²) < 4.78 is 6.33. The van der Waals surface area contributed by atoms with Gasteiger partial charge in [0.05, 0.1) is 19.3 Å². The van der Waals surface area contributed by atoms with Crippen LogP contribution in [-0.4, -0.2) is 33.9 Å². The number of H-pyrrole nitrogens is 1. The van der Waals surface area contributed by atoms with Crippen LogP contribution in [0.1, 0.15) is 5.56 Å². The van der Waals surface area contributed by atoms with E-state index in [0.717, 1.165) is 4.57 Å². The zero-order valence-corrected chi connectivity index (χ0v) is 9.74. The highest BCUT2D eigenvalue weighted by Gasteiger charge is 2.08. The van der Waals surface area contributed by atoms with Crippen molar-refractivity contribution in [2.75, 3.05) is 13.2 Å². The van der Waals surface area contributed by atoms with Crippen LogP contribution in [0.4, 0.5) is 0 Å². The lowest BCUT2D eigenvalue weighted by molar-refractivity contribution is -0.0199. The van der Waals surface area contributed by atoms with E-state index in [0.29, 0.717) is 5.56 Å². The first-order chi connectivity index (χ1) is 8.58. The molecule has 98 valence electrons. The summed E-state index contributed by atoms with van der Waals surface area (Å²) in [5, 5.41) is 12.2. The lowest BCUT2D eigenvalue weighted by atomic mass is 10.4. The Kier molecular flexibility index (Phi) is 5.12. The number of aliphatic hydroxyl groups is 1. The predicted octanol–water partition coefficient (Wildman–Crippen LogP) is -0.510. The van der Waals surface area contributed by atoms with Gasteiger partial charge >= 0.3 is 5.69 Å².